The summed E-state index contributed by atoms with van der Waals surface area (Å²) in [4.78, 5) is 18.1. The summed E-state index contributed by atoms with van der Waals surface area (Å²) in [7, 11) is 0. The Bertz CT molecular complexity index is 899. The Morgan fingerprint density at radius 2 is 2.15 bits per heavy atom. The maximum atomic E-state index is 12.3. The number of amides is 1. The highest BCUT2D eigenvalue weighted by Crippen LogP contribution is 2.34. The first-order valence-electron chi connectivity index (χ1n) is 9.11. The Morgan fingerprint density at radius 1 is 1.33 bits per heavy atom. The van der Waals surface area contributed by atoms with Gasteiger partial charge in [0.25, 0.3) is 0 Å². The lowest BCUT2D eigenvalue weighted by Crippen LogP contribution is -2.31. The molecule has 0 bridgehead atoms. The van der Waals surface area contributed by atoms with Gasteiger partial charge < -0.3 is 10.6 Å². The lowest BCUT2D eigenvalue weighted by molar-refractivity contribution is -0.120. The van der Waals surface area contributed by atoms with E-state index in [1.165, 1.54) is 11.3 Å². The van der Waals surface area contributed by atoms with Crippen LogP contribution in [0, 0.1) is 6.92 Å². The van der Waals surface area contributed by atoms with E-state index in [4.69, 9.17) is 16.6 Å². The van der Waals surface area contributed by atoms with E-state index in [-0.39, 0.29) is 11.9 Å². The lowest BCUT2D eigenvalue weighted by Gasteiger charge is -2.09. The van der Waals surface area contributed by atoms with Crippen LogP contribution in [-0.2, 0) is 11.2 Å². The zero-order valence-corrected chi connectivity index (χ0v) is 17.4. The number of nitrogens with one attached hydrogen (secondary N) is 2. The maximum absolute atomic E-state index is 12.3. The lowest BCUT2D eigenvalue weighted by atomic mass is 10.0. The molecule has 27 heavy (non-hydrogen) atoms. The number of allylic oxidation sites excluding steroid dienone is 4. The molecule has 1 heterocycles. The van der Waals surface area contributed by atoms with E-state index in [2.05, 4.69) is 28.9 Å². The molecule has 0 saturated heterocycles. The monoisotopic (exact) mass is 401 g/mol. The molecular formula is C21H24ClN3OS. The normalized spacial score (nSPS) is 13.6. The fourth-order valence-electron chi connectivity index (χ4n) is 2.90. The van der Waals surface area contributed by atoms with Crippen molar-refractivity contribution in [3.8, 4) is 0 Å². The summed E-state index contributed by atoms with van der Waals surface area (Å²) in [5.41, 5.74) is 3.99. The van der Waals surface area contributed by atoms with Gasteiger partial charge >= 0.3 is 0 Å². The molecule has 0 saturated carbocycles. The minimum absolute atomic E-state index is 0.0146. The molecule has 1 amide bonds. The van der Waals surface area contributed by atoms with Crippen molar-refractivity contribution in [2.75, 3.05) is 5.32 Å². The van der Waals surface area contributed by atoms with Gasteiger partial charge in [0.05, 0.1) is 12.1 Å². The molecule has 6 heteroatoms. The number of carbonyl (C=O) groups is 1. The van der Waals surface area contributed by atoms with Crippen LogP contribution in [0.2, 0.25) is 5.02 Å². The Balaban J connectivity index is 1.91. The molecule has 1 aliphatic rings. The molecule has 1 aliphatic carbocycles. The second kappa shape index (κ2) is 8.72. The number of halogens is 1. The number of benzene rings is 1. The van der Waals surface area contributed by atoms with Crippen LogP contribution < -0.4 is 10.6 Å². The predicted molar refractivity (Wildman–Crippen MR) is 115 cm³/mol. The van der Waals surface area contributed by atoms with Crippen LogP contribution in [0.4, 0.5) is 10.8 Å². The van der Waals surface area contributed by atoms with Gasteiger partial charge in [-0.05, 0) is 56.9 Å². The van der Waals surface area contributed by atoms with Gasteiger partial charge in [-0.25, -0.2) is 4.98 Å². The molecule has 0 unspecified atom stereocenters. The number of aryl methyl sites for hydroxylation is 1. The highest BCUT2D eigenvalue weighted by Gasteiger charge is 2.18. The van der Waals surface area contributed by atoms with Crippen molar-refractivity contribution >= 4 is 45.2 Å². The molecule has 1 aromatic carbocycles. The Kier molecular flexibility index (Phi) is 6.34. The summed E-state index contributed by atoms with van der Waals surface area (Å²) >= 11 is 7.65. The third-order valence-electron chi connectivity index (χ3n) is 4.18. The topological polar surface area (TPSA) is 54.0 Å². The van der Waals surface area contributed by atoms with E-state index in [1.54, 1.807) is 0 Å². The molecule has 4 nitrogen and oxygen atoms in total. The second-order valence-electron chi connectivity index (χ2n) is 6.91. The fraction of sp³-hybridized carbons (Fsp3) is 0.333. The van der Waals surface area contributed by atoms with Gasteiger partial charge in [-0.2, -0.15) is 0 Å². The highest BCUT2D eigenvalue weighted by atomic mass is 35.5. The average molecular weight is 402 g/mol. The van der Waals surface area contributed by atoms with Crippen LogP contribution in [0.3, 0.4) is 0 Å². The fourth-order valence-corrected chi connectivity index (χ4v) is 4.07. The van der Waals surface area contributed by atoms with Gasteiger partial charge in [0.1, 0.15) is 0 Å². The van der Waals surface area contributed by atoms with Crippen molar-refractivity contribution < 1.29 is 4.79 Å². The number of rotatable bonds is 6. The number of hydrogen-bond acceptors (Lipinski definition) is 4. The van der Waals surface area contributed by atoms with Crippen LogP contribution in [0.1, 0.15) is 42.8 Å². The summed E-state index contributed by atoms with van der Waals surface area (Å²) < 4.78 is 0. The number of hydrogen-bond donors (Lipinski definition) is 2. The van der Waals surface area contributed by atoms with Crippen LogP contribution in [0.5, 0.6) is 0 Å². The average Bonchev–Trinajstić information content (AvgIpc) is 3.00. The van der Waals surface area contributed by atoms with E-state index in [0.29, 0.717) is 11.4 Å². The molecule has 0 fully saturated rings. The maximum Gasteiger partial charge on any atom is 0.225 e. The molecule has 0 radical (unpaired) electrons. The van der Waals surface area contributed by atoms with Gasteiger partial charge in [0.2, 0.25) is 5.91 Å². The first kappa shape index (κ1) is 19.6. The first-order valence-corrected chi connectivity index (χ1v) is 10.3. The summed E-state index contributed by atoms with van der Waals surface area (Å²) in [6.07, 6.45) is 8.80. The third-order valence-corrected chi connectivity index (χ3v) is 5.38. The van der Waals surface area contributed by atoms with Crippen molar-refractivity contribution in [3.63, 3.8) is 0 Å². The van der Waals surface area contributed by atoms with Crippen molar-refractivity contribution in [1.29, 1.82) is 0 Å². The van der Waals surface area contributed by atoms with Gasteiger partial charge in [-0.1, -0.05) is 35.9 Å². The Labute approximate surface area is 169 Å². The molecule has 0 atom stereocenters. The van der Waals surface area contributed by atoms with Crippen molar-refractivity contribution in [1.82, 2.24) is 10.3 Å². The van der Waals surface area contributed by atoms with Crippen molar-refractivity contribution in [3.05, 3.63) is 57.6 Å². The predicted octanol–water partition coefficient (Wildman–Crippen LogP) is 5.65. The van der Waals surface area contributed by atoms with E-state index in [0.717, 1.165) is 45.4 Å². The summed E-state index contributed by atoms with van der Waals surface area (Å²) in [5, 5.41) is 7.77. The van der Waals surface area contributed by atoms with Crippen LogP contribution in [0.25, 0.3) is 5.57 Å². The minimum atomic E-state index is 0.0146. The minimum Gasteiger partial charge on any atom is -0.354 e. The second-order valence-corrected chi connectivity index (χ2v) is 8.43. The molecular weight excluding hydrogens is 378 g/mol. The SMILES string of the molecule is Cc1ccc(Cl)cc1Nc1nc(C2=CCCC=C2)c(CC(=O)NC(C)C)s1. The van der Waals surface area contributed by atoms with Crippen molar-refractivity contribution in [2.24, 2.45) is 0 Å². The van der Waals surface area contributed by atoms with Gasteiger partial charge in [-0.15, -0.1) is 11.3 Å². The molecule has 3 rings (SSSR count). The van der Waals surface area contributed by atoms with Crippen molar-refractivity contribution in [2.45, 2.75) is 46.1 Å². The molecule has 1 aromatic heterocycles. The van der Waals surface area contributed by atoms with Crippen LogP contribution >= 0.6 is 22.9 Å². The van der Waals surface area contributed by atoms with Crippen LogP contribution in [-0.4, -0.2) is 16.9 Å². The Hall–Kier alpha value is -2.11. The largest absolute Gasteiger partial charge is 0.354 e. The number of carbonyl (C=O) groups excluding carboxylic acids is 1. The zero-order valence-electron chi connectivity index (χ0n) is 15.8. The number of nitrogens with zero attached hydrogens (tertiary/aromatic N) is 1. The molecule has 2 aromatic rings. The third kappa shape index (κ3) is 5.21. The van der Waals surface area contributed by atoms with E-state index in [9.17, 15) is 4.79 Å². The van der Waals surface area contributed by atoms with E-state index < -0.39 is 0 Å². The number of thiazole rings is 1. The quantitative estimate of drug-likeness (QED) is 0.657. The molecule has 142 valence electrons. The molecule has 2 N–H and O–H groups in total. The van der Waals surface area contributed by atoms with Gasteiger partial charge in [-0.3, -0.25) is 4.79 Å². The van der Waals surface area contributed by atoms with Crippen LogP contribution in [0.15, 0.2) is 36.4 Å². The van der Waals surface area contributed by atoms with Gasteiger partial charge in [0.15, 0.2) is 5.13 Å². The van der Waals surface area contributed by atoms with E-state index >= 15 is 0 Å². The summed E-state index contributed by atoms with van der Waals surface area (Å²) in [6, 6.07) is 5.86. The molecule has 0 aliphatic heterocycles. The highest BCUT2D eigenvalue weighted by molar-refractivity contribution is 7.16. The van der Waals surface area contributed by atoms with Gasteiger partial charge in [0, 0.05) is 21.6 Å². The van der Waals surface area contributed by atoms with E-state index in [1.807, 2.05) is 39.0 Å². The summed E-state index contributed by atoms with van der Waals surface area (Å²) in [6.45, 7) is 5.95. The molecule has 0 spiro atoms. The smallest absolute Gasteiger partial charge is 0.225 e. The standard InChI is InChI=1S/C21H24ClN3OS/c1-13(2)23-19(26)12-18-20(15-7-5-4-6-8-15)25-21(27-18)24-17-11-16(22)10-9-14(17)3/h5,7-11,13H,4,6,12H2,1-3H3,(H,23,26)(H,24,25). The summed E-state index contributed by atoms with van der Waals surface area (Å²) in [5.74, 6) is 0.0146. The number of anilines is 2. The zero-order chi connectivity index (χ0) is 19.4. The number of aromatic nitrogens is 1. The Morgan fingerprint density at radius 3 is 2.85 bits per heavy atom. The first-order chi connectivity index (χ1) is 12.9.